The van der Waals surface area contributed by atoms with E-state index >= 15 is 0 Å². The van der Waals surface area contributed by atoms with Crippen molar-refractivity contribution in [3.63, 3.8) is 0 Å². The summed E-state index contributed by atoms with van der Waals surface area (Å²) in [6, 6.07) is 4.38. The molecule has 1 aromatic carbocycles. The van der Waals surface area contributed by atoms with E-state index in [-0.39, 0.29) is 12.5 Å². The number of amides is 2. The number of carbonyl (C=O) groups is 2. The fourth-order valence-corrected chi connectivity index (χ4v) is 1.86. The molecule has 1 rings (SSSR count). The van der Waals surface area contributed by atoms with E-state index in [1.165, 1.54) is 12.1 Å². The number of hydrogen-bond donors (Lipinski definition) is 3. The highest BCUT2D eigenvalue weighted by Gasteiger charge is 2.34. The summed E-state index contributed by atoms with van der Waals surface area (Å²) in [5.41, 5.74) is -1.57. The Balaban J connectivity index is 2.56. The number of carbonyl (C=O) groups excluding carboxylic acids is 2. The van der Waals surface area contributed by atoms with Crippen LogP contribution < -0.4 is 10.6 Å². The summed E-state index contributed by atoms with van der Waals surface area (Å²) in [6.45, 7) is 1.72. The van der Waals surface area contributed by atoms with Crippen molar-refractivity contribution in [3.8, 4) is 0 Å². The topological polar surface area (TPSA) is 78.4 Å². The quantitative estimate of drug-likeness (QED) is 0.709. The first-order valence-electron chi connectivity index (χ1n) is 7.07. The van der Waals surface area contributed by atoms with Gasteiger partial charge in [-0.05, 0) is 24.5 Å². The Morgan fingerprint density at radius 2 is 1.87 bits per heavy atom. The smallest absolute Gasteiger partial charge is 0.396 e. The van der Waals surface area contributed by atoms with E-state index in [2.05, 4.69) is 10.6 Å². The molecule has 0 aliphatic rings. The van der Waals surface area contributed by atoms with Crippen LogP contribution in [0, 0.1) is 5.92 Å². The van der Waals surface area contributed by atoms with E-state index in [4.69, 9.17) is 5.11 Å². The van der Waals surface area contributed by atoms with Gasteiger partial charge in [-0.1, -0.05) is 19.1 Å². The summed E-state index contributed by atoms with van der Waals surface area (Å²) in [6.07, 6.45) is -4.12. The number of aliphatic hydroxyl groups is 1. The maximum absolute atomic E-state index is 12.8. The Morgan fingerprint density at radius 3 is 2.48 bits per heavy atom. The van der Waals surface area contributed by atoms with Gasteiger partial charge in [0, 0.05) is 13.2 Å². The van der Waals surface area contributed by atoms with Crippen LogP contribution in [0.25, 0.3) is 0 Å². The summed E-state index contributed by atoms with van der Waals surface area (Å²) in [7, 11) is 0. The molecule has 0 heterocycles. The maximum atomic E-state index is 12.8. The Labute approximate surface area is 131 Å². The largest absolute Gasteiger partial charge is 0.417 e. The predicted octanol–water partition coefficient (Wildman–Crippen LogP) is 1.57. The van der Waals surface area contributed by atoms with Crippen LogP contribution in [0.4, 0.5) is 13.2 Å². The standard InChI is InChI=1S/C15H19F3N2O3/c1-10(6-7-21)8-19-13(22)9-20-14(23)11-4-2-3-5-12(11)15(16,17)18/h2-5,10,21H,6-9H2,1H3,(H,19,22)(H,20,23). The molecular formula is C15H19F3N2O3. The van der Waals surface area contributed by atoms with Crippen LogP contribution in [-0.4, -0.2) is 36.6 Å². The molecule has 0 fully saturated rings. The van der Waals surface area contributed by atoms with Crippen LogP contribution in [0.15, 0.2) is 24.3 Å². The highest BCUT2D eigenvalue weighted by Crippen LogP contribution is 2.31. The number of benzene rings is 1. The zero-order valence-electron chi connectivity index (χ0n) is 12.6. The lowest BCUT2D eigenvalue weighted by Gasteiger charge is -2.13. The van der Waals surface area contributed by atoms with E-state index in [1.807, 2.05) is 6.92 Å². The molecular weight excluding hydrogens is 313 g/mol. The monoisotopic (exact) mass is 332 g/mol. The first-order chi connectivity index (χ1) is 10.8. The van der Waals surface area contributed by atoms with Crippen molar-refractivity contribution < 1.29 is 27.9 Å². The fraction of sp³-hybridized carbons (Fsp3) is 0.467. The lowest BCUT2D eigenvalue weighted by Crippen LogP contribution is -2.39. The number of aliphatic hydroxyl groups excluding tert-OH is 1. The molecule has 3 N–H and O–H groups in total. The first-order valence-corrected chi connectivity index (χ1v) is 7.07. The van der Waals surface area contributed by atoms with Gasteiger partial charge in [0.1, 0.15) is 0 Å². The van der Waals surface area contributed by atoms with Crippen LogP contribution >= 0.6 is 0 Å². The van der Waals surface area contributed by atoms with Crippen molar-refractivity contribution in [2.24, 2.45) is 5.92 Å². The summed E-state index contributed by atoms with van der Waals surface area (Å²) >= 11 is 0. The molecule has 128 valence electrons. The molecule has 0 aliphatic heterocycles. The van der Waals surface area contributed by atoms with Gasteiger partial charge in [-0.2, -0.15) is 13.2 Å². The molecule has 0 bridgehead atoms. The van der Waals surface area contributed by atoms with Crippen molar-refractivity contribution in [1.82, 2.24) is 10.6 Å². The number of rotatable bonds is 7. The van der Waals surface area contributed by atoms with Gasteiger partial charge in [0.15, 0.2) is 0 Å². The highest BCUT2D eigenvalue weighted by atomic mass is 19.4. The molecule has 1 aromatic rings. The molecule has 1 atom stereocenters. The van der Waals surface area contributed by atoms with Crippen LogP contribution in [0.3, 0.4) is 0 Å². The molecule has 0 aromatic heterocycles. The highest BCUT2D eigenvalue weighted by molar-refractivity contribution is 5.97. The van der Waals surface area contributed by atoms with Gasteiger partial charge in [-0.15, -0.1) is 0 Å². The van der Waals surface area contributed by atoms with E-state index in [1.54, 1.807) is 0 Å². The van der Waals surface area contributed by atoms with E-state index in [0.717, 1.165) is 12.1 Å². The number of halogens is 3. The zero-order chi connectivity index (χ0) is 17.5. The van der Waals surface area contributed by atoms with Crippen LogP contribution in [0.2, 0.25) is 0 Å². The first kappa shape index (κ1) is 19.0. The third-order valence-corrected chi connectivity index (χ3v) is 3.16. The van der Waals surface area contributed by atoms with Gasteiger partial charge in [-0.3, -0.25) is 9.59 Å². The molecule has 2 amide bonds. The second-order valence-corrected chi connectivity index (χ2v) is 5.15. The van der Waals surface area contributed by atoms with Gasteiger partial charge in [0.05, 0.1) is 17.7 Å². The Morgan fingerprint density at radius 1 is 1.22 bits per heavy atom. The Kier molecular flexibility index (Phi) is 7.02. The SMILES string of the molecule is CC(CCO)CNC(=O)CNC(=O)c1ccccc1C(F)(F)F. The molecule has 0 aliphatic carbocycles. The molecule has 0 radical (unpaired) electrons. The molecule has 8 heteroatoms. The number of alkyl halides is 3. The Hall–Kier alpha value is -2.09. The molecule has 0 saturated heterocycles. The summed E-state index contributed by atoms with van der Waals surface area (Å²) in [5.74, 6) is -1.41. The maximum Gasteiger partial charge on any atom is 0.417 e. The minimum absolute atomic E-state index is 0.00198. The fourth-order valence-electron chi connectivity index (χ4n) is 1.86. The van der Waals surface area contributed by atoms with Crippen LogP contribution in [0.5, 0.6) is 0 Å². The van der Waals surface area contributed by atoms with Crippen LogP contribution in [0.1, 0.15) is 29.3 Å². The average Bonchev–Trinajstić information content (AvgIpc) is 2.50. The normalized spacial score (nSPS) is 12.6. The van der Waals surface area contributed by atoms with Crippen LogP contribution in [-0.2, 0) is 11.0 Å². The van der Waals surface area contributed by atoms with Gasteiger partial charge in [-0.25, -0.2) is 0 Å². The Bertz CT molecular complexity index is 547. The van der Waals surface area contributed by atoms with Crippen molar-refractivity contribution in [3.05, 3.63) is 35.4 Å². The van der Waals surface area contributed by atoms with Crippen molar-refractivity contribution >= 4 is 11.8 Å². The third kappa shape index (κ3) is 6.27. The van der Waals surface area contributed by atoms with Gasteiger partial charge < -0.3 is 15.7 Å². The van der Waals surface area contributed by atoms with Gasteiger partial charge >= 0.3 is 6.18 Å². The van der Waals surface area contributed by atoms with Crippen molar-refractivity contribution in [1.29, 1.82) is 0 Å². The summed E-state index contributed by atoms with van der Waals surface area (Å²) < 4.78 is 38.4. The van der Waals surface area contributed by atoms with E-state index in [9.17, 15) is 22.8 Å². The van der Waals surface area contributed by atoms with Crippen molar-refractivity contribution in [2.45, 2.75) is 19.5 Å². The second-order valence-electron chi connectivity index (χ2n) is 5.15. The second kappa shape index (κ2) is 8.52. The van der Waals surface area contributed by atoms with Gasteiger partial charge in [0.2, 0.25) is 5.91 Å². The molecule has 1 unspecified atom stereocenters. The van der Waals surface area contributed by atoms with Gasteiger partial charge in [0.25, 0.3) is 5.91 Å². The summed E-state index contributed by atoms with van der Waals surface area (Å²) in [4.78, 5) is 23.4. The minimum atomic E-state index is -4.64. The zero-order valence-corrected chi connectivity index (χ0v) is 12.6. The van der Waals surface area contributed by atoms with E-state index in [0.29, 0.717) is 13.0 Å². The number of hydrogen-bond acceptors (Lipinski definition) is 3. The predicted molar refractivity (Wildman–Crippen MR) is 77.7 cm³/mol. The summed E-state index contributed by atoms with van der Waals surface area (Å²) in [5, 5.41) is 13.4. The minimum Gasteiger partial charge on any atom is -0.396 e. The van der Waals surface area contributed by atoms with Crippen molar-refractivity contribution in [2.75, 3.05) is 19.7 Å². The third-order valence-electron chi connectivity index (χ3n) is 3.16. The molecule has 0 spiro atoms. The number of nitrogens with one attached hydrogen (secondary N) is 2. The lowest BCUT2D eigenvalue weighted by molar-refractivity contribution is -0.137. The molecule has 23 heavy (non-hydrogen) atoms. The molecule has 0 saturated carbocycles. The average molecular weight is 332 g/mol. The molecule has 5 nitrogen and oxygen atoms in total. The van der Waals surface area contributed by atoms with E-state index < -0.39 is 35.7 Å². The lowest BCUT2D eigenvalue weighted by atomic mass is 10.1.